The van der Waals surface area contributed by atoms with Gasteiger partial charge in [0.25, 0.3) is 0 Å². The first-order valence-corrected chi connectivity index (χ1v) is 16.0. The minimum absolute atomic E-state index is 0.0131. The second-order valence-corrected chi connectivity index (χ2v) is 11.2. The number of rotatable bonds is 26. The van der Waals surface area contributed by atoms with Crippen molar-refractivity contribution in [2.45, 2.75) is 148 Å². The lowest BCUT2D eigenvalue weighted by molar-refractivity contribution is -0.149. The smallest absolute Gasteiger partial charge is 0.306 e. The molecule has 37 heavy (non-hydrogen) atoms. The van der Waals surface area contributed by atoms with Crippen LogP contribution in [0.3, 0.4) is 0 Å². The van der Waals surface area contributed by atoms with Gasteiger partial charge in [-0.15, -0.1) is 0 Å². The second-order valence-electron chi connectivity index (χ2n) is 11.2. The van der Waals surface area contributed by atoms with E-state index in [0.29, 0.717) is 6.42 Å². The van der Waals surface area contributed by atoms with Gasteiger partial charge >= 0.3 is 5.97 Å². The molecule has 1 saturated carbocycles. The zero-order valence-electron chi connectivity index (χ0n) is 24.9. The average molecular weight is 516 g/mol. The summed E-state index contributed by atoms with van der Waals surface area (Å²) in [6.07, 6.45) is 38.0. The molecule has 1 aliphatic carbocycles. The number of carbonyl (C=O) groups excluding carboxylic acids is 1. The van der Waals surface area contributed by atoms with E-state index in [-0.39, 0.29) is 12.1 Å². The molecule has 0 aromatic heterocycles. The maximum atomic E-state index is 12.2. The number of hydrogen-bond acceptors (Lipinski definition) is 3. The molecule has 0 aliphatic heterocycles. The van der Waals surface area contributed by atoms with Crippen LogP contribution in [0.25, 0.3) is 0 Å². The molecule has 0 aromatic rings. The van der Waals surface area contributed by atoms with Crippen molar-refractivity contribution in [2.24, 2.45) is 11.8 Å². The fourth-order valence-corrected chi connectivity index (χ4v) is 5.22. The fraction of sp³-hybridized carbons (Fsp3) is 0.794. The third-order valence-electron chi connectivity index (χ3n) is 7.71. The van der Waals surface area contributed by atoms with Crippen molar-refractivity contribution in [3.05, 3.63) is 36.5 Å². The van der Waals surface area contributed by atoms with Crippen LogP contribution >= 0.6 is 0 Å². The Kier molecular flexibility index (Phi) is 22.7. The molecule has 3 nitrogen and oxygen atoms in total. The summed E-state index contributed by atoms with van der Waals surface area (Å²) in [5.41, 5.74) is 0. The molecule has 1 fully saturated rings. The lowest BCUT2D eigenvalue weighted by Crippen LogP contribution is -2.19. The summed E-state index contributed by atoms with van der Waals surface area (Å²) >= 11 is 0. The van der Waals surface area contributed by atoms with Gasteiger partial charge in [0.2, 0.25) is 0 Å². The Balaban J connectivity index is 2.05. The summed E-state index contributed by atoms with van der Waals surface area (Å²) in [5.74, 6) is 2.09. The van der Waals surface area contributed by atoms with Crippen LogP contribution in [0, 0.1) is 11.8 Å². The molecule has 0 bridgehead atoms. The first-order valence-electron chi connectivity index (χ1n) is 16.0. The third-order valence-corrected chi connectivity index (χ3v) is 7.71. The number of carbonyl (C=O) groups is 1. The van der Waals surface area contributed by atoms with Gasteiger partial charge in [-0.05, 0) is 70.9 Å². The molecule has 3 heteroatoms. The lowest BCUT2D eigenvalue weighted by atomic mass is 10.0. The first kappa shape index (κ1) is 33.7. The highest BCUT2D eigenvalue weighted by Crippen LogP contribution is 2.45. The van der Waals surface area contributed by atoms with E-state index >= 15 is 0 Å². The standard InChI is InChI=1S/C34H61NO2/c1-4-6-8-10-16-19-24-31-30-32(31)25-20-17-13-11-12-14-18-22-27-33(26-21-15-9-7-5-2)37-34(36)28-23-29-35-3/h5,7,9,15,18,22,31-33,35H,4,6,8,10-14,16-17,19-21,23-30H2,1-3H3/b7-5+,15-9+,22-18+. The number of unbranched alkanes of at least 4 members (excludes halogenated alkanes) is 10. The van der Waals surface area contributed by atoms with E-state index in [4.69, 9.17) is 4.74 Å². The Labute approximate surface area is 231 Å². The van der Waals surface area contributed by atoms with Gasteiger partial charge in [0.1, 0.15) is 6.10 Å². The van der Waals surface area contributed by atoms with Crippen molar-refractivity contribution >= 4 is 5.97 Å². The molecule has 0 radical (unpaired) electrons. The molecule has 1 rings (SSSR count). The Morgan fingerprint density at radius 3 is 2.19 bits per heavy atom. The summed E-state index contributed by atoms with van der Waals surface area (Å²) in [4.78, 5) is 12.2. The fourth-order valence-electron chi connectivity index (χ4n) is 5.22. The quantitative estimate of drug-likeness (QED) is 0.0539. The number of ether oxygens (including phenoxy) is 1. The zero-order chi connectivity index (χ0) is 26.8. The van der Waals surface area contributed by atoms with E-state index in [1.165, 1.54) is 89.9 Å². The van der Waals surface area contributed by atoms with Crippen molar-refractivity contribution in [1.82, 2.24) is 5.32 Å². The number of allylic oxidation sites excluding steroid dienone is 5. The molecule has 214 valence electrons. The van der Waals surface area contributed by atoms with E-state index in [2.05, 4.69) is 36.5 Å². The Morgan fingerprint density at radius 2 is 1.51 bits per heavy atom. The highest BCUT2D eigenvalue weighted by molar-refractivity contribution is 5.69. The monoisotopic (exact) mass is 515 g/mol. The van der Waals surface area contributed by atoms with Gasteiger partial charge in [0.05, 0.1) is 0 Å². The molecule has 1 aliphatic rings. The summed E-state index contributed by atoms with van der Waals surface area (Å²) in [5, 5.41) is 3.09. The van der Waals surface area contributed by atoms with Crippen LogP contribution in [0.15, 0.2) is 36.5 Å². The molecule has 1 N–H and O–H groups in total. The summed E-state index contributed by atoms with van der Waals surface area (Å²) in [6, 6.07) is 0. The number of nitrogens with one attached hydrogen (secondary N) is 1. The van der Waals surface area contributed by atoms with Crippen LogP contribution < -0.4 is 5.32 Å². The molecule has 0 amide bonds. The predicted molar refractivity (Wildman–Crippen MR) is 162 cm³/mol. The van der Waals surface area contributed by atoms with Gasteiger partial charge in [0.15, 0.2) is 0 Å². The molecule has 3 unspecified atom stereocenters. The second kappa shape index (κ2) is 25.0. The van der Waals surface area contributed by atoms with Crippen LogP contribution in [0.1, 0.15) is 142 Å². The van der Waals surface area contributed by atoms with Crippen molar-refractivity contribution in [1.29, 1.82) is 0 Å². The highest BCUT2D eigenvalue weighted by atomic mass is 16.5. The van der Waals surface area contributed by atoms with E-state index in [1.807, 2.05) is 26.1 Å². The van der Waals surface area contributed by atoms with Crippen molar-refractivity contribution in [2.75, 3.05) is 13.6 Å². The molecule has 3 atom stereocenters. The van der Waals surface area contributed by atoms with Crippen LogP contribution in [0.2, 0.25) is 0 Å². The lowest BCUT2D eigenvalue weighted by Gasteiger charge is -2.16. The van der Waals surface area contributed by atoms with Gasteiger partial charge in [-0.1, -0.05) is 120 Å². The number of hydrogen-bond donors (Lipinski definition) is 1. The Hall–Kier alpha value is -1.35. The summed E-state index contributed by atoms with van der Waals surface area (Å²) in [7, 11) is 1.91. The van der Waals surface area contributed by atoms with Crippen LogP contribution in [-0.2, 0) is 9.53 Å². The summed E-state index contributed by atoms with van der Waals surface area (Å²) in [6.45, 7) is 5.17. The molecular weight excluding hydrogens is 454 g/mol. The molecule has 0 heterocycles. The number of esters is 1. The predicted octanol–water partition coefficient (Wildman–Crippen LogP) is 9.87. The van der Waals surface area contributed by atoms with Crippen LogP contribution in [-0.4, -0.2) is 25.7 Å². The molecular formula is C34H61NO2. The minimum Gasteiger partial charge on any atom is -0.462 e. The zero-order valence-corrected chi connectivity index (χ0v) is 24.9. The van der Waals surface area contributed by atoms with E-state index < -0.39 is 0 Å². The van der Waals surface area contributed by atoms with E-state index in [1.54, 1.807) is 0 Å². The topological polar surface area (TPSA) is 38.3 Å². The normalized spacial score (nSPS) is 18.4. The van der Waals surface area contributed by atoms with Gasteiger partial charge < -0.3 is 10.1 Å². The first-order chi connectivity index (χ1) is 18.2. The van der Waals surface area contributed by atoms with Gasteiger partial charge in [-0.25, -0.2) is 0 Å². The van der Waals surface area contributed by atoms with E-state index in [9.17, 15) is 4.79 Å². The minimum atomic E-state index is -0.0639. The maximum Gasteiger partial charge on any atom is 0.306 e. The molecule has 0 aromatic carbocycles. The average Bonchev–Trinajstić information content (AvgIpc) is 3.65. The van der Waals surface area contributed by atoms with Crippen molar-refractivity contribution in [3.8, 4) is 0 Å². The highest BCUT2D eigenvalue weighted by Gasteiger charge is 2.34. The Morgan fingerprint density at radius 1 is 0.838 bits per heavy atom. The SMILES string of the molecule is C/C=C/C=C/CCC(C/C=C/CCCCCCCC1CC1CCCCCCCC)OC(=O)CCCNC. The van der Waals surface area contributed by atoms with Crippen molar-refractivity contribution in [3.63, 3.8) is 0 Å². The van der Waals surface area contributed by atoms with Gasteiger partial charge in [-0.2, -0.15) is 0 Å². The van der Waals surface area contributed by atoms with Gasteiger partial charge in [-0.3, -0.25) is 4.79 Å². The van der Waals surface area contributed by atoms with E-state index in [0.717, 1.165) is 50.5 Å². The molecule has 0 spiro atoms. The summed E-state index contributed by atoms with van der Waals surface area (Å²) < 4.78 is 5.78. The van der Waals surface area contributed by atoms with Crippen LogP contribution in [0.5, 0.6) is 0 Å². The van der Waals surface area contributed by atoms with Crippen molar-refractivity contribution < 1.29 is 9.53 Å². The maximum absolute atomic E-state index is 12.2. The Bertz CT molecular complexity index is 609. The van der Waals surface area contributed by atoms with Gasteiger partial charge in [0, 0.05) is 12.8 Å². The van der Waals surface area contributed by atoms with Crippen LogP contribution in [0.4, 0.5) is 0 Å². The largest absolute Gasteiger partial charge is 0.462 e. The third kappa shape index (κ3) is 21.3. The molecule has 0 saturated heterocycles.